The van der Waals surface area contributed by atoms with Crippen molar-refractivity contribution in [3.05, 3.63) is 0 Å². The van der Waals surface area contributed by atoms with Gasteiger partial charge in [-0.2, -0.15) is 12.6 Å². The van der Waals surface area contributed by atoms with Crippen LogP contribution in [0.15, 0.2) is 0 Å². The fraction of sp³-hybridized carbons (Fsp3) is 1.00. The van der Waals surface area contributed by atoms with E-state index in [1.54, 1.807) is 0 Å². The molecule has 0 rings (SSSR count). The summed E-state index contributed by atoms with van der Waals surface area (Å²) in [5.74, 6) is 0. The minimum Gasteiger partial charge on any atom is -0.176 e. The lowest BCUT2D eigenvalue weighted by molar-refractivity contribution is 0.607. The van der Waals surface area contributed by atoms with Crippen molar-refractivity contribution in [2.75, 3.05) is 0 Å². The van der Waals surface area contributed by atoms with Crippen LogP contribution in [0.5, 0.6) is 0 Å². The third-order valence-corrected chi connectivity index (χ3v) is 1.98. The number of rotatable bonds is 6. The second-order valence-corrected chi connectivity index (χ2v) is 3.93. The van der Waals surface area contributed by atoms with E-state index in [0.29, 0.717) is 5.25 Å². The monoisotopic (exact) mass is 160 g/mol. The van der Waals surface area contributed by atoms with Crippen molar-refractivity contribution in [1.29, 1.82) is 0 Å². The van der Waals surface area contributed by atoms with E-state index < -0.39 is 0 Å². The van der Waals surface area contributed by atoms with Crippen molar-refractivity contribution in [1.82, 2.24) is 0 Å². The van der Waals surface area contributed by atoms with Gasteiger partial charge in [0.05, 0.1) is 0 Å². The highest BCUT2D eigenvalue weighted by atomic mass is 32.1. The van der Waals surface area contributed by atoms with Crippen LogP contribution in [0.25, 0.3) is 0 Å². The molecule has 0 spiro atoms. The molecule has 10 heavy (non-hydrogen) atoms. The molecule has 1 atom stereocenters. The molecule has 0 heterocycles. The highest BCUT2D eigenvalue weighted by molar-refractivity contribution is 7.80. The quantitative estimate of drug-likeness (QED) is 0.445. The van der Waals surface area contributed by atoms with Crippen LogP contribution >= 0.6 is 12.6 Å². The molecule has 0 aliphatic carbocycles. The van der Waals surface area contributed by atoms with Gasteiger partial charge < -0.3 is 0 Å². The molecule has 0 saturated carbocycles. The van der Waals surface area contributed by atoms with Gasteiger partial charge in [0, 0.05) is 0 Å². The standard InChI is InChI=1S/C9H20S/c1-3-4-5-6-7-8-9(2)10/h9-10H,3-8H2,1-2H3/t9-/m1/s1. The van der Waals surface area contributed by atoms with Gasteiger partial charge in [0.25, 0.3) is 0 Å². The Balaban J connectivity index is 2.77. The van der Waals surface area contributed by atoms with Gasteiger partial charge in [-0.05, 0) is 11.7 Å². The molecule has 0 N–H and O–H groups in total. The van der Waals surface area contributed by atoms with E-state index >= 15 is 0 Å². The normalized spacial score (nSPS) is 13.5. The van der Waals surface area contributed by atoms with Crippen molar-refractivity contribution in [3.63, 3.8) is 0 Å². The van der Waals surface area contributed by atoms with E-state index in [2.05, 4.69) is 26.5 Å². The van der Waals surface area contributed by atoms with Crippen molar-refractivity contribution in [2.45, 2.75) is 57.6 Å². The smallest absolute Gasteiger partial charge is 0.00116 e. The van der Waals surface area contributed by atoms with Crippen LogP contribution in [0.4, 0.5) is 0 Å². The van der Waals surface area contributed by atoms with Gasteiger partial charge in [0.15, 0.2) is 0 Å². The summed E-state index contributed by atoms with van der Waals surface area (Å²) in [7, 11) is 0. The van der Waals surface area contributed by atoms with Crippen molar-refractivity contribution in [3.8, 4) is 0 Å². The van der Waals surface area contributed by atoms with Gasteiger partial charge in [-0.1, -0.05) is 46.0 Å². The molecule has 0 bridgehead atoms. The molecule has 0 aromatic carbocycles. The summed E-state index contributed by atoms with van der Waals surface area (Å²) in [6.45, 7) is 4.42. The Morgan fingerprint density at radius 2 is 1.70 bits per heavy atom. The first-order chi connectivity index (χ1) is 4.77. The highest BCUT2D eigenvalue weighted by Gasteiger charge is 1.93. The highest BCUT2D eigenvalue weighted by Crippen LogP contribution is 2.09. The second-order valence-electron chi connectivity index (χ2n) is 3.05. The van der Waals surface area contributed by atoms with Crippen LogP contribution in [0.3, 0.4) is 0 Å². The van der Waals surface area contributed by atoms with E-state index in [1.807, 2.05) is 0 Å². The molecule has 1 heteroatoms. The minimum atomic E-state index is 0.599. The zero-order valence-electron chi connectivity index (χ0n) is 7.27. The Bertz CT molecular complexity index is 59.7. The summed E-state index contributed by atoms with van der Waals surface area (Å²) in [5.41, 5.74) is 0. The summed E-state index contributed by atoms with van der Waals surface area (Å²) in [4.78, 5) is 0. The largest absolute Gasteiger partial charge is 0.176 e. The van der Waals surface area contributed by atoms with Crippen molar-refractivity contribution >= 4 is 12.6 Å². The molecule has 0 fully saturated rings. The van der Waals surface area contributed by atoms with Crippen LogP contribution in [-0.4, -0.2) is 5.25 Å². The van der Waals surface area contributed by atoms with Crippen LogP contribution in [0.2, 0.25) is 0 Å². The molecule has 0 aliphatic heterocycles. The average Bonchev–Trinajstić information content (AvgIpc) is 1.87. The van der Waals surface area contributed by atoms with E-state index in [4.69, 9.17) is 0 Å². The van der Waals surface area contributed by atoms with Gasteiger partial charge in [0.1, 0.15) is 0 Å². The lowest BCUT2D eigenvalue weighted by Gasteiger charge is -2.02. The average molecular weight is 160 g/mol. The Morgan fingerprint density at radius 1 is 1.10 bits per heavy atom. The Hall–Kier alpha value is 0.350. The van der Waals surface area contributed by atoms with Crippen LogP contribution in [0.1, 0.15) is 52.4 Å². The zero-order valence-corrected chi connectivity index (χ0v) is 8.16. The molecule has 0 aliphatic rings. The predicted octanol–water partition coefficient (Wildman–Crippen LogP) is 3.67. The summed E-state index contributed by atoms with van der Waals surface area (Å²) in [6.07, 6.45) is 8.21. The number of thiol groups is 1. The van der Waals surface area contributed by atoms with E-state index in [-0.39, 0.29) is 0 Å². The van der Waals surface area contributed by atoms with Gasteiger partial charge in [0.2, 0.25) is 0 Å². The predicted molar refractivity (Wildman–Crippen MR) is 51.8 cm³/mol. The maximum Gasteiger partial charge on any atom is -0.00116 e. The third kappa shape index (κ3) is 8.35. The molecule has 0 radical (unpaired) electrons. The first-order valence-corrected chi connectivity index (χ1v) is 4.97. The van der Waals surface area contributed by atoms with Gasteiger partial charge in [-0.15, -0.1) is 0 Å². The fourth-order valence-corrected chi connectivity index (χ4v) is 1.23. The first-order valence-electron chi connectivity index (χ1n) is 4.45. The van der Waals surface area contributed by atoms with Crippen LogP contribution < -0.4 is 0 Å². The number of hydrogen-bond donors (Lipinski definition) is 1. The number of unbranched alkanes of at least 4 members (excludes halogenated alkanes) is 4. The summed E-state index contributed by atoms with van der Waals surface area (Å²) in [6, 6.07) is 0. The molecular weight excluding hydrogens is 140 g/mol. The second kappa shape index (κ2) is 7.46. The SMILES string of the molecule is CCCCCCC[C@@H](C)S. The topological polar surface area (TPSA) is 0 Å². The van der Waals surface area contributed by atoms with E-state index in [9.17, 15) is 0 Å². The maximum atomic E-state index is 4.32. The summed E-state index contributed by atoms with van der Waals surface area (Å²) >= 11 is 4.32. The molecule has 0 aromatic heterocycles. The van der Waals surface area contributed by atoms with Crippen LogP contribution in [-0.2, 0) is 0 Å². The number of hydrogen-bond acceptors (Lipinski definition) is 1. The molecule has 0 nitrogen and oxygen atoms in total. The molecule has 0 aromatic rings. The first kappa shape index (κ1) is 10.3. The summed E-state index contributed by atoms with van der Waals surface area (Å²) < 4.78 is 0. The minimum absolute atomic E-state index is 0.599. The molecule has 62 valence electrons. The Labute approximate surface area is 70.8 Å². The summed E-state index contributed by atoms with van der Waals surface area (Å²) in [5, 5.41) is 0.599. The lowest BCUT2D eigenvalue weighted by atomic mass is 10.1. The van der Waals surface area contributed by atoms with E-state index in [1.165, 1.54) is 38.5 Å². The third-order valence-electron chi connectivity index (χ3n) is 1.73. The Kier molecular flexibility index (Phi) is 7.72. The van der Waals surface area contributed by atoms with E-state index in [0.717, 1.165) is 0 Å². The van der Waals surface area contributed by atoms with Crippen molar-refractivity contribution in [2.24, 2.45) is 0 Å². The Morgan fingerprint density at radius 3 is 2.20 bits per heavy atom. The molecular formula is C9H20S. The zero-order chi connectivity index (χ0) is 7.82. The van der Waals surface area contributed by atoms with Crippen molar-refractivity contribution < 1.29 is 0 Å². The van der Waals surface area contributed by atoms with Gasteiger partial charge >= 0.3 is 0 Å². The van der Waals surface area contributed by atoms with Gasteiger partial charge in [-0.3, -0.25) is 0 Å². The fourth-order valence-electron chi connectivity index (χ4n) is 1.04. The molecule has 0 amide bonds. The molecule has 0 saturated heterocycles. The van der Waals surface area contributed by atoms with Gasteiger partial charge in [-0.25, -0.2) is 0 Å². The molecule has 0 unspecified atom stereocenters. The maximum absolute atomic E-state index is 4.32. The van der Waals surface area contributed by atoms with Crippen LogP contribution in [0, 0.1) is 0 Å². The lowest BCUT2D eigenvalue weighted by Crippen LogP contribution is -1.89.